The molecule has 1 N–H and O–H groups in total. The Bertz CT molecular complexity index is 302. The predicted molar refractivity (Wildman–Crippen MR) is 72.4 cm³/mol. The second-order valence-electron chi connectivity index (χ2n) is 4.23. The van der Waals surface area contributed by atoms with Gasteiger partial charge in [-0.3, -0.25) is 0 Å². The minimum absolute atomic E-state index is 0.576. The first-order valence-corrected chi connectivity index (χ1v) is 6.86. The fraction of sp³-hybridized carbons (Fsp3) is 0.615. The number of hydrogen-bond donors (Lipinski definition) is 1. The second kappa shape index (κ2) is 7.80. The van der Waals surface area contributed by atoms with Crippen molar-refractivity contribution in [1.29, 1.82) is 0 Å². The zero-order valence-corrected chi connectivity index (χ0v) is 11.8. The normalized spacial score (nSPS) is 12.7. The summed E-state index contributed by atoms with van der Waals surface area (Å²) in [6.45, 7) is 5.34. The summed E-state index contributed by atoms with van der Waals surface area (Å²) in [5.74, 6) is 0. The number of nitrogens with one attached hydrogen (secondary N) is 1. The Hall–Kier alpha value is -0.410. The van der Waals surface area contributed by atoms with E-state index in [2.05, 4.69) is 46.1 Å². The van der Waals surface area contributed by atoms with Crippen molar-refractivity contribution in [2.24, 2.45) is 0 Å². The molecule has 0 spiro atoms. The summed E-state index contributed by atoms with van der Waals surface area (Å²) in [7, 11) is 0. The van der Waals surface area contributed by atoms with Crippen LogP contribution in [0.4, 0.5) is 0 Å². The summed E-state index contributed by atoms with van der Waals surface area (Å²) in [5.41, 5.74) is 1.09. The van der Waals surface area contributed by atoms with Crippen molar-refractivity contribution >= 4 is 15.9 Å². The van der Waals surface area contributed by atoms with E-state index in [0.717, 1.165) is 16.8 Å². The largest absolute Gasteiger partial charge is 0.309 e. The van der Waals surface area contributed by atoms with E-state index < -0.39 is 0 Å². The molecular formula is C13H21BrN2. The van der Waals surface area contributed by atoms with Gasteiger partial charge in [0.05, 0.1) is 5.69 Å². The molecule has 0 fully saturated rings. The zero-order chi connectivity index (χ0) is 11.8. The van der Waals surface area contributed by atoms with Crippen LogP contribution in [0.1, 0.15) is 45.2 Å². The van der Waals surface area contributed by atoms with E-state index in [1.807, 2.05) is 12.1 Å². The maximum atomic E-state index is 4.40. The van der Waals surface area contributed by atoms with Crippen molar-refractivity contribution in [3.63, 3.8) is 0 Å². The molecule has 2 nitrogen and oxygen atoms in total. The maximum absolute atomic E-state index is 4.40. The Kier molecular flexibility index (Phi) is 6.65. The highest BCUT2D eigenvalue weighted by molar-refractivity contribution is 9.10. The van der Waals surface area contributed by atoms with Gasteiger partial charge in [-0.05, 0) is 41.4 Å². The summed E-state index contributed by atoms with van der Waals surface area (Å²) in [6, 6.07) is 6.60. The van der Waals surface area contributed by atoms with Gasteiger partial charge in [-0.15, -0.1) is 0 Å². The highest BCUT2D eigenvalue weighted by Gasteiger charge is 2.02. The summed E-state index contributed by atoms with van der Waals surface area (Å²) in [4.78, 5) is 4.40. The molecule has 0 saturated heterocycles. The molecule has 0 aliphatic heterocycles. The van der Waals surface area contributed by atoms with Crippen LogP contribution >= 0.6 is 15.9 Å². The highest BCUT2D eigenvalue weighted by Crippen LogP contribution is 2.07. The van der Waals surface area contributed by atoms with Crippen molar-refractivity contribution in [3.05, 3.63) is 28.5 Å². The molecule has 16 heavy (non-hydrogen) atoms. The van der Waals surface area contributed by atoms with Crippen LogP contribution in [0.5, 0.6) is 0 Å². The molecule has 0 saturated carbocycles. The Morgan fingerprint density at radius 1 is 1.38 bits per heavy atom. The molecule has 0 radical (unpaired) electrons. The lowest BCUT2D eigenvalue weighted by molar-refractivity contribution is 0.484. The Balaban J connectivity index is 2.23. The Labute approximate surface area is 107 Å². The molecule has 90 valence electrons. The quantitative estimate of drug-likeness (QED) is 0.607. The molecule has 1 unspecified atom stereocenters. The van der Waals surface area contributed by atoms with Crippen LogP contribution in [0.3, 0.4) is 0 Å². The molecule has 1 rings (SSSR count). The highest BCUT2D eigenvalue weighted by atomic mass is 79.9. The van der Waals surface area contributed by atoms with Gasteiger partial charge in [-0.25, -0.2) is 4.98 Å². The third-order valence-electron chi connectivity index (χ3n) is 2.65. The third-order valence-corrected chi connectivity index (χ3v) is 3.09. The average Bonchev–Trinajstić information content (AvgIpc) is 2.27. The lowest BCUT2D eigenvalue weighted by Gasteiger charge is -2.13. The first-order valence-electron chi connectivity index (χ1n) is 6.07. The summed E-state index contributed by atoms with van der Waals surface area (Å²) >= 11 is 3.38. The Morgan fingerprint density at radius 3 is 2.88 bits per heavy atom. The minimum Gasteiger partial charge on any atom is -0.309 e. The van der Waals surface area contributed by atoms with Gasteiger partial charge in [0.2, 0.25) is 0 Å². The number of pyridine rings is 1. The molecule has 1 atom stereocenters. The van der Waals surface area contributed by atoms with E-state index in [1.165, 1.54) is 25.7 Å². The lowest BCUT2D eigenvalue weighted by atomic mass is 10.1. The van der Waals surface area contributed by atoms with E-state index in [1.54, 1.807) is 0 Å². The van der Waals surface area contributed by atoms with Crippen molar-refractivity contribution < 1.29 is 0 Å². The van der Waals surface area contributed by atoms with Gasteiger partial charge in [-0.2, -0.15) is 0 Å². The van der Waals surface area contributed by atoms with E-state index in [0.29, 0.717) is 6.04 Å². The maximum Gasteiger partial charge on any atom is 0.106 e. The van der Waals surface area contributed by atoms with Gasteiger partial charge in [0.1, 0.15) is 4.60 Å². The van der Waals surface area contributed by atoms with Crippen molar-refractivity contribution in [3.8, 4) is 0 Å². The van der Waals surface area contributed by atoms with Gasteiger partial charge >= 0.3 is 0 Å². The fourth-order valence-corrected chi connectivity index (χ4v) is 2.01. The molecule has 0 aromatic carbocycles. The number of halogens is 1. The molecule has 0 aliphatic rings. The van der Waals surface area contributed by atoms with E-state index in [9.17, 15) is 0 Å². The molecule has 0 aliphatic carbocycles. The molecule has 1 heterocycles. The SMILES string of the molecule is CCCCCC(C)NCc1cccc(Br)n1. The standard InChI is InChI=1S/C13H21BrN2/c1-3-4-5-7-11(2)15-10-12-8-6-9-13(14)16-12/h6,8-9,11,15H,3-5,7,10H2,1-2H3. The summed E-state index contributed by atoms with van der Waals surface area (Å²) in [5, 5.41) is 3.50. The Morgan fingerprint density at radius 2 is 2.19 bits per heavy atom. The zero-order valence-electron chi connectivity index (χ0n) is 10.2. The first-order chi connectivity index (χ1) is 7.72. The number of rotatable bonds is 7. The van der Waals surface area contributed by atoms with Crippen LogP contribution in [0.2, 0.25) is 0 Å². The fourth-order valence-electron chi connectivity index (χ4n) is 1.63. The number of aromatic nitrogens is 1. The predicted octanol–water partition coefficient (Wildman–Crippen LogP) is 3.90. The number of hydrogen-bond acceptors (Lipinski definition) is 2. The van der Waals surface area contributed by atoms with Crippen LogP contribution < -0.4 is 5.32 Å². The molecule has 0 amide bonds. The third kappa shape index (κ3) is 5.61. The molecule has 3 heteroatoms. The first kappa shape index (κ1) is 13.7. The topological polar surface area (TPSA) is 24.9 Å². The van der Waals surface area contributed by atoms with Crippen molar-refractivity contribution in [2.45, 2.75) is 52.1 Å². The summed E-state index contributed by atoms with van der Waals surface area (Å²) in [6.07, 6.45) is 5.19. The number of unbranched alkanes of at least 4 members (excludes halogenated alkanes) is 2. The van der Waals surface area contributed by atoms with Crippen LogP contribution in [-0.4, -0.2) is 11.0 Å². The van der Waals surface area contributed by atoms with Crippen LogP contribution in [0.25, 0.3) is 0 Å². The molecule has 0 bridgehead atoms. The summed E-state index contributed by atoms with van der Waals surface area (Å²) < 4.78 is 0.908. The van der Waals surface area contributed by atoms with Gasteiger partial charge < -0.3 is 5.32 Å². The average molecular weight is 285 g/mol. The molecule has 1 aromatic heterocycles. The van der Waals surface area contributed by atoms with E-state index >= 15 is 0 Å². The van der Waals surface area contributed by atoms with Gasteiger partial charge in [0, 0.05) is 12.6 Å². The van der Waals surface area contributed by atoms with Crippen LogP contribution in [0.15, 0.2) is 22.8 Å². The lowest BCUT2D eigenvalue weighted by Crippen LogP contribution is -2.25. The van der Waals surface area contributed by atoms with Crippen LogP contribution in [-0.2, 0) is 6.54 Å². The second-order valence-corrected chi connectivity index (χ2v) is 5.04. The number of nitrogens with zero attached hydrogens (tertiary/aromatic N) is 1. The van der Waals surface area contributed by atoms with E-state index in [4.69, 9.17) is 0 Å². The van der Waals surface area contributed by atoms with Crippen molar-refractivity contribution in [1.82, 2.24) is 10.3 Å². The molecular weight excluding hydrogens is 264 g/mol. The smallest absolute Gasteiger partial charge is 0.106 e. The van der Waals surface area contributed by atoms with Crippen LogP contribution in [0, 0.1) is 0 Å². The van der Waals surface area contributed by atoms with Crippen molar-refractivity contribution in [2.75, 3.05) is 0 Å². The minimum atomic E-state index is 0.576. The molecule has 1 aromatic rings. The van der Waals surface area contributed by atoms with Gasteiger partial charge in [-0.1, -0.05) is 32.3 Å². The van der Waals surface area contributed by atoms with E-state index in [-0.39, 0.29) is 0 Å². The van der Waals surface area contributed by atoms with Gasteiger partial charge in [0.15, 0.2) is 0 Å². The van der Waals surface area contributed by atoms with Gasteiger partial charge in [0.25, 0.3) is 0 Å². The monoisotopic (exact) mass is 284 g/mol.